The molecule has 1 fully saturated rings. The van der Waals surface area contributed by atoms with Gasteiger partial charge in [-0.1, -0.05) is 6.92 Å². The van der Waals surface area contributed by atoms with Crippen LogP contribution in [0.15, 0.2) is 12.5 Å². The number of nitrogens with one attached hydrogen (secondary N) is 1. The van der Waals surface area contributed by atoms with E-state index in [4.69, 9.17) is 4.74 Å². The third kappa shape index (κ3) is 2.74. The average molecular weight is 252 g/mol. The van der Waals surface area contributed by atoms with Gasteiger partial charge in [-0.15, -0.1) is 0 Å². The van der Waals surface area contributed by atoms with Crippen molar-refractivity contribution in [3.8, 4) is 0 Å². The minimum atomic E-state index is 0.195. The number of likely N-dealkylation sites (N-methyl/N-ethyl adjacent to an activating group) is 2. The molecule has 0 spiro atoms. The highest BCUT2D eigenvalue weighted by atomic mass is 16.5. The maximum absolute atomic E-state index is 5.91. The lowest BCUT2D eigenvalue weighted by Crippen LogP contribution is -2.47. The Morgan fingerprint density at radius 1 is 1.56 bits per heavy atom. The summed E-state index contributed by atoms with van der Waals surface area (Å²) in [6, 6.07) is 0.292. The fourth-order valence-corrected chi connectivity index (χ4v) is 2.66. The molecule has 1 aromatic rings. The maximum Gasteiger partial charge on any atom is 0.0948 e. The summed E-state index contributed by atoms with van der Waals surface area (Å²) in [7, 11) is 4.14. The SMILES string of the molecule is CCCn1cncc1C1C(CNC)OCCN1C. The van der Waals surface area contributed by atoms with Crippen LogP contribution in [0.5, 0.6) is 0 Å². The number of hydrogen-bond acceptors (Lipinski definition) is 4. The van der Waals surface area contributed by atoms with E-state index in [-0.39, 0.29) is 6.10 Å². The van der Waals surface area contributed by atoms with Crippen molar-refractivity contribution in [1.82, 2.24) is 19.8 Å². The Morgan fingerprint density at radius 3 is 3.11 bits per heavy atom. The molecule has 0 aromatic carbocycles. The zero-order chi connectivity index (χ0) is 13.0. The van der Waals surface area contributed by atoms with Crippen LogP contribution in [0.3, 0.4) is 0 Å². The first-order chi connectivity index (χ1) is 8.77. The van der Waals surface area contributed by atoms with Crippen molar-refractivity contribution in [3.63, 3.8) is 0 Å². The summed E-state index contributed by atoms with van der Waals surface area (Å²) >= 11 is 0. The largest absolute Gasteiger partial charge is 0.374 e. The Kier molecular flexibility index (Phi) is 4.74. The molecule has 0 saturated carbocycles. The summed E-state index contributed by atoms with van der Waals surface area (Å²) in [4.78, 5) is 6.68. The van der Waals surface area contributed by atoms with E-state index in [0.717, 1.165) is 32.7 Å². The first-order valence-corrected chi connectivity index (χ1v) is 6.74. The summed E-state index contributed by atoms with van der Waals surface area (Å²) in [5.41, 5.74) is 1.26. The summed E-state index contributed by atoms with van der Waals surface area (Å²) in [6.45, 7) is 5.86. The second kappa shape index (κ2) is 6.31. The quantitative estimate of drug-likeness (QED) is 0.845. The molecule has 5 heteroatoms. The Hall–Kier alpha value is -0.910. The molecule has 1 saturated heterocycles. The first kappa shape index (κ1) is 13.5. The molecule has 18 heavy (non-hydrogen) atoms. The van der Waals surface area contributed by atoms with Gasteiger partial charge in [0.1, 0.15) is 0 Å². The van der Waals surface area contributed by atoms with E-state index >= 15 is 0 Å². The molecular weight excluding hydrogens is 228 g/mol. The number of imidazole rings is 1. The van der Waals surface area contributed by atoms with Gasteiger partial charge >= 0.3 is 0 Å². The number of ether oxygens (including phenoxy) is 1. The lowest BCUT2D eigenvalue weighted by Gasteiger charge is -2.39. The minimum Gasteiger partial charge on any atom is -0.374 e. The van der Waals surface area contributed by atoms with E-state index in [1.54, 1.807) is 0 Å². The lowest BCUT2D eigenvalue weighted by molar-refractivity contribution is -0.0630. The van der Waals surface area contributed by atoms with Crippen molar-refractivity contribution in [2.75, 3.05) is 33.8 Å². The number of aryl methyl sites for hydroxylation is 1. The minimum absolute atomic E-state index is 0.195. The van der Waals surface area contributed by atoms with E-state index in [0.29, 0.717) is 6.04 Å². The smallest absolute Gasteiger partial charge is 0.0948 e. The lowest BCUT2D eigenvalue weighted by atomic mass is 10.0. The van der Waals surface area contributed by atoms with Crippen LogP contribution in [-0.4, -0.2) is 54.3 Å². The summed E-state index contributed by atoms with van der Waals surface area (Å²) in [5.74, 6) is 0. The van der Waals surface area contributed by atoms with Gasteiger partial charge in [-0.25, -0.2) is 4.98 Å². The molecule has 102 valence electrons. The third-order valence-electron chi connectivity index (χ3n) is 3.52. The summed E-state index contributed by atoms with van der Waals surface area (Å²) in [6.07, 6.45) is 5.23. The van der Waals surface area contributed by atoms with Crippen LogP contribution < -0.4 is 5.32 Å². The third-order valence-corrected chi connectivity index (χ3v) is 3.52. The van der Waals surface area contributed by atoms with Gasteiger partial charge in [0, 0.05) is 25.8 Å². The van der Waals surface area contributed by atoms with Gasteiger partial charge in [0.25, 0.3) is 0 Å². The Morgan fingerprint density at radius 2 is 2.39 bits per heavy atom. The second-order valence-electron chi connectivity index (χ2n) is 4.90. The van der Waals surface area contributed by atoms with Crippen LogP contribution in [-0.2, 0) is 11.3 Å². The second-order valence-corrected chi connectivity index (χ2v) is 4.90. The van der Waals surface area contributed by atoms with Crippen LogP contribution in [0, 0.1) is 0 Å². The van der Waals surface area contributed by atoms with Crippen molar-refractivity contribution in [2.24, 2.45) is 0 Å². The Bertz CT molecular complexity index is 364. The van der Waals surface area contributed by atoms with E-state index < -0.39 is 0 Å². The van der Waals surface area contributed by atoms with E-state index in [2.05, 4.69) is 33.7 Å². The van der Waals surface area contributed by atoms with Gasteiger partial charge in [0.2, 0.25) is 0 Å². The molecule has 2 unspecified atom stereocenters. The van der Waals surface area contributed by atoms with Gasteiger partial charge in [0.05, 0.1) is 30.8 Å². The zero-order valence-electron chi connectivity index (χ0n) is 11.6. The molecule has 0 bridgehead atoms. The Balaban J connectivity index is 2.22. The molecule has 0 amide bonds. The van der Waals surface area contributed by atoms with Crippen LogP contribution in [0.25, 0.3) is 0 Å². The maximum atomic E-state index is 5.91. The zero-order valence-corrected chi connectivity index (χ0v) is 11.6. The van der Waals surface area contributed by atoms with Crippen molar-refractivity contribution in [1.29, 1.82) is 0 Å². The molecule has 2 atom stereocenters. The van der Waals surface area contributed by atoms with Crippen LogP contribution >= 0.6 is 0 Å². The molecule has 2 rings (SSSR count). The average Bonchev–Trinajstić information content (AvgIpc) is 2.78. The van der Waals surface area contributed by atoms with E-state index in [9.17, 15) is 0 Å². The first-order valence-electron chi connectivity index (χ1n) is 6.74. The van der Waals surface area contributed by atoms with Crippen molar-refractivity contribution < 1.29 is 4.74 Å². The fourth-order valence-electron chi connectivity index (χ4n) is 2.66. The van der Waals surface area contributed by atoms with Crippen LogP contribution in [0.4, 0.5) is 0 Å². The molecule has 1 aliphatic rings. The van der Waals surface area contributed by atoms with E-state index in [1.807, 2.05) is 19.6 Å². The topological polar surface area (TPSA) is 42.3 Å². The van der Waals surface area contributed by atoms with Crippen molar-refractivity contribution in [2.45, 2.75) is 32.0 Å². The van der Waals surface area contributed by atoms with Gasteiger partial charge in [-0.05, 0) is 20.5 Å². The van der Waals surface area contributed by atoms with Crippen LogP contribution in [0.2, 0.25) is 0 Å². The molecule has 5 nitrogen and oxygen atoms in total. The highest BCUT2D eigenvalue weighted by Gasteiger charge is 2.33. The molecular formula is C13H24N4O. The number of aromatic nitrogens is 2. The normalized spacial score (nSPS) is 25.5. The predicted octanol–water partition coefficient (Wildman–Crippen LogP) is 0.884. The van der Waals surface area contributed by atoms with Gasteiger partial charge in [0.15, 0.2) is 0 Å². The molecule has 1 aromatic heterocycles. The monoisotopic (exact) mass is 252 g/mol. The fraction of sp³-hybridized carbons (Fsp3) is 0.769. The molecule has 0 aliphatic carbocycles. The molecule has 2 heterocycles. The Labute approximate surface area is 109 Å². The number of hydrogen-bond donors (Lipinski definition) is 1. The highest BCUT2D eigenvalue weighted by Crippen LogP contribution is 2.28. The van der Waals surface area contributed by atoms with Gasteiger partial charge < -0.3 is 14.6 Å². The van der Waals surface area contributed by atoms with E-state index in [1.165, 1.54) is 5.69 Å². The number of rotatable bonds is 5. The van der Waals surface area contributed by atoms with Crippen LogP contribution in [0.1, 0.15) is 25.1 Å². The highest BCUT2D eigenvalue weighted by molar-refractivity contribution is 5.09. The summed E-state index contributed by atoms with van der Waals surface area (Å²) < 4.78 is 8.16. The predicted molar refractivity (Wildman–Crippen MR) is 71.6 cm³/mol. The molecule has 1 N–H and O–H groups in total. The van der Waals surface area contributed by atoms with Gasteiger partial charge in [-0.2, -0.15) is 0 Å². The number of morpholine rings is 1. The molecule has 1 aliphatic heterocycles. The summed E-state index contributed by atoms with van der Waals surface area (Å²) in [5, 5.41) is 3.22. The van der Waals surface area contributed by atoms with Gasteiger partial charge in [-0.3, -0.25) is 4.90 Å². The van der Waals surface area contributed by atoms with Crippen molar-refractivity contribution in [3.05, 3.63) is 18.2 Å². The van der Waals surface area contributed by atoms with Crippen molar-refractivity contribution >= 4 is 0 Å². The number of nitrogens with zero attached hydrogens (tertiary/aromatic N) is 3. The standard InChI is InChI=1S/C13H24N4O/c1-4-5-17-10-15-8-11(17)13-12(9-14-2)18-7-6-16(13)3/h8,10,12-14H,4-7,9H2,1-3H3. The molecule has 0 radical (unpaired) electrons.